The Morgan fingerprint density at radius 2 is 1.16 bits per heavy atom. The highest BCUT2D eigenvalue weighted by molar-refractivity contribution is 9.14. The van der Waals surface area contributed by atoms with E-state index in [1.807, 2.05) is 0 Å². The Morgan fingerprint density at radius 1 is 0.760 bits per heavy atom. The van der Waals surface area contributed by atoms with E-state index in [4.69, 9.17) is 0 Å². The van der Waals surface area contributed by atoms with Gasteiger partial charge in [0.2, 0.25) is 0 Å². The summed E-state index contributed by atoms with van der Waals surface area (Å²) in [5, 5.41) is 10.4. The van der Waals surface area contributed by atoms with Gasteiger partial charge in [-0.3, -0.25) is 0 Å². The van der Waals surface area contributed by atoms with Gasteiger partial charge in [0, 0.05) is 8.95 Å². The predicted octanol–water partition coefficient (Wildman–Crippen LogP) is 9.57. The predicted molar refractivity (Wildman–Crippen MR) is 124 cm³/mol. The Kier molecular flexibility index (Phi) is 9.04. The van der Waals surface area contributed by atoms with Gasteiger partial charge in [-0.05, 0) is 92.5 Å². The van der Waals surface area contributed by atoms with Gasteiger partial charge in [-0.25, -0.2) is 0 Å². The first kappa shape index (κ1) is 24.0. The molecule has 1 atom stereocenters. The summed E-state index contributed by atoms with van der Waals surface area (Å²) >= 11 is 14.6. The van der Waals surface area contributed by atoms with Gasteiger partial charge in [0.25, 0.3) is 0 Å². The molecule has 1 aromatic rings. The molecule has 0 amide bonds. The summed E-state index contributed by atoms with van der Waals surface area (Å²) in [6.07, 6.45) is 5.69. The zero-order valence-electron chi connectivity index (χ0n) is 16.1. The van der Waals surface area contributed by atoms with Crippen molar-refractivity contribution in [3.8, 4) is 5.75 Å². The molecule has 0 fully saturated rings. The highest BCUT2D eigenvalue weighted by Crippen LogP contribution is 2.56. The van der Waals surface area contributed by atoms with Gasteiger partial charge in [-0.1, -0.05) is 67.2 Å². The summed E-state index contributed by atoms with van der Waals surface area (Å²) in [7, 11) is 0. The molecule has 0 radical (unpaired) electrons. The van der Waals surface area contributed by atoms with Gasteiger partial charge in [0.15, 0.2) is 0 Å². The minimum absolute atomic E-state index is 0.187. The van der Waals surface area contributed by atoms with E-state index >= 15 is 0 Å². The zero-order valence-corrected chi connectivity index (χ0v) is 22.4. The number of halogens is 4. The minimum Gasteiger partial charge on any atom is -0.505 e. The topological polar surface area (TPSA) is 20.2 Å². The normalized spacial score (nSPS) is 14.0. The van der Waals surface area contributed by atoms with Crippen molar-refractivity contribution in [3.63, 3.8) is 0 Å². The lowest BCUT2D eigenvalue weighted by Gasteiger charge is -2.43. The van der Waals surface area contributed by atoms with Crippen LogP contribution in [0.25, 0.3) is 0 Å². The molecule has 25 heavy (non-hydrogen) atoms. The molecule has 0 aliphatic carbocycles. The van der Waals surface area contributed by atoms with E-state index in [0.717, 1.165) is 28.2 Å². The maximum absolute atomic E-state index is 10.4. The fraction of sp³-hybridized carbons (Fsp3) is 0.700. The first-order valence-electron chi connectivity index (χ1n) is 9.06. The molecule has 0 bridgehead atoms. The lowest BCUT2D eigenvalue weighted by atomic mass is 9.63. The van der Waals surface area contributed by atoms with E-state index in [1.165, 1.54) is 18.4 Å². The summed E-state index contributed by atoms with van der Waals surface area (Å²) in [4.78, 5) is 0. The van der Waals surface area contributed by atoms with E-state index in [0.29, 0.717) is 20.3 Å². The first-order valence-corrected chi connectivity index (χ1v) is 12.2. The number of phenolic OH excluding ortho intramolecular Hbond substituents is 1. The van der Waals surface area contributed by atoms with Gasteiger partial charge in [-0.15, -0.1) is 0 Å². The standard InChI is InChI=1S/C20H30Br4O/c1-7-19(5,8-2)11-12(20(6,9-3)10-4)13-14(21)16(23)18(25)17(24)15(13)22/h12,25H,7-11H2,1-6H3. The van der Waals surface area contributed by atoms with E-state index in [2.05, 4.69) is 105 Å². The van der Waals surface area contributed by atoms with Crippen molar-refractivity contribution in [3.05, 3.63) is 23.5 Å². The van der Waals surface area contributed by atoms with E-state index in [9.17, 15) is 5.11 Å². The molecule has 1 N–H and O–H groups in total. The molecule has 1 nitrogen and oxygen atoms in total. The second kappa shape index (κ2) is 9.43. The van der Waals surface area contributed by atoms with Crippen molar-refractivity contribution in [2.24, 2.45) is 10.8 Å². The minimum atomic E-state index is 0.187. The van der Waals surface area contributed by atoms with Crippen molar-refractivity contribution >= 4 is 63.7 Å². The van der Waals surface area contributed by atoms with Crippen molar-refractivity contribution in [2.75, 3.05) is 0 Å². The Hall–Kier alpha value is 0.940. The molecule has 0 saturated carbocycles. The van der Waals surface area contributed by atoms with Crippen LogP contribution in [-0.4, -0.2) is 5.11 Å². The van der Waals surface area contributed by atoms with Crippen LogP contribution in [0.4, 0.5) is 0 Å². The largest absolute Gasteiger partial charge is 0.505 e. The van der Waals surface area contributed by atoms with Crippen molar-refractivity contribution in [1.29, 1.82) is 0 Å². The molecule has 0 spiro atoms. The Morgan fingerprint density at radius 3 is 1.48 bits per heavy atom. The van der Waals surface area contributed by atoms with Crippen molar-refractivity contribution in [2.45, 2.75) is 79.6 Å². The van der Waals surface area contributed by atoms with Crippen molar-refractivity contribution in [1.82, 2.24) is 0 Å². The molecule has 1 aromatic carbocycles. The average molecular weight is 606 g/mol. The number of hydrogen-bond donors (Lipinski definition) is 1. The van der Waals surface area contributed by atoms with Gasteiger partial charge >= 0.3 is 0 Å². The molecule has 1 unspecified atom stereocenters. The van der Waals surface area contributed by atoms with E-state index in [-0.39, 0.29) is 11.2 Å². The molecule has 1 rings (SSSR count). The van der Waals surface area contributed by atoms with E-state index in [1.54, 1.807) is 0 Å². The molecule has 0 saturated heterocycles. The van der Waals surface area contributed by atoms with Crippen LogP contribution in [-0.2, 0) is 0 Å². The van der Waals surface area contributed by atoms with Crippen LogP contribution >= 0.6 is 63.7 Å². The summed E-state index contributed by atoms with van der Waals surface area (Å²) in [6.45, 7) is 14.0. The lowest BCUT2D eigenvalue weighted by Crippen LogP contribution is -2.30. The van der Waals surface area contributed by atoms with Crippen LogP contribution in [0.5, 0.6) is 5.75 Å². The molecule has 0 heterocycles. The molecular formula is C20H30Br4O. The van der Waals surface area contributed by atoms with Crippen molar-refractivity contribution < 1.29 is 5.11 Å². The number of hydrogen-bond acceptors (Lipinski definition) is 1. The van der Waals surface area contributed by atoms with Crippen LogP contribution in [0, 0.1) is 10.8 Å². The van der Waals surface area contributed by atoms with E-state index < -0.39 is 0 Å². The molecule has 0 aliphatic rings. The SMILES string of the molecule is CCC(C)(CC)CC(c1c(Br)c(Br)c(O)c(Br)c1Br)C(C)(CC)CC. The number of rotatable bonds is 8. The third-order valence-corrected chi connectivity index (χ3v) is 10.7. The van der Waals surface area contributed by atoms with Crippen LogP contribution in [0.3, 0.4) is 0 Å². The highest BCUT2D eigenvalue weighted by Gasteiger charge is 2.40. The fourth-order valence-electron chi connectivity index (χ4n) is 3.41. The maximum atomic E-state index is 10.4. The van der Waals surface area contributed by atoms with Crippen LogP contribution in [0.15, 0.2) is 17.9 Å². The molecule has 5 heteroatoms. The third-order valence-electron chi connectivity index (χ3n) is 6.48. The Labute approximate surface area is 187 Å². The van der Waals surface area contributed by atoms with Crippen LogP contribution < -0.4 is 0 Å². The monoisotopic (exact) mass is 602 g/mol. The number of benzene rings is 1. The highest BCUT2D eigenvalue weighted by atomic mass is 79.9. The van der Waals surface area contributed by atoms with Crippen LogP contribution in [0.1, 0.15) is 85.1 Å². The first-order chi connectivity index (χ1) is 11.5. The van der Waals surface area contributed by atoms with Gasteiger partial charge in [0.05, 0.1) is 8.95 Å². The second-order valence-corrected chi connectivity index (χ2v) is 10.8. The smallest absolute Gasteiger partial charge is 0.146 e. The Bertz CT molecular complexity index is 575. The zero-order chi connectivity index (χ0) is 19.6. The average Bonchev–Trinajstić information content (AvgIpc) is 2.63. The number of phenols is 1. The quantitative estimate of drug-likeness (QED) is 0.293. The van der Waals surface area contributed by atoms with Gasteiger partial charge in [-0.2, -0.15) is 0 Å². The Balaban J connectivity index is 3.70. The van der Waals surface area contributed by atoms with Crippen LogP contribution in [0.2, 0.25) is 0 Å². The summed E-state index contributed by atoms with van der Waals surface area (Å²) in [5.41, 5.74) is 1.73. The number of aromatic hydroxyl groups is 1. The molecule has 0 aromatic heterocycles. The summed E-state index contributed by atoms with van der Waals surface area (Å²) in [6, 6.07) is 0. The lowest BCUT2D eigenvalue weighted by molar-refractivity contribution is 0.149. The molecule has 0 aliphatic heterocycles. The second-order valence-electron chi connectivity index (χ2n) is 7.65. The fourth-order valence-corrected chi connectivity index (χ4v) is 6.09. The summed E-state index contributed by atoms with van der Waals surface area (Å²) in [5.74, 6) is 0.606. The van der Waals surface area contributed by atoms with Gasteiger partial charge < -0.3 is 5.11 Å². The summed E-state index contributed by atoms with van der Waals surface area (Å²) < 4.78 is 3.33. The maximum Gasteiger partial charge on any atom is 0.146 e. The molecule has 144 valence electrons. The van der Waals surface area contributed by atoms with Gasteiger partial charge in [0.1, 0.15) is 5.75 Å². The third kappa shape index (κ3) is 4.86. The molecular weight excluding hydrogens is 576 g/mol.